The van der Waals surface area contributed by atoms with Crippen LogP contribution in [0.3, 0.4) is 0 Å². The summed E-state index contributed by atoms with van der Waals surface area (Å²) >= 11 is 0. The molecule has 0 radical (unpaired) electrons. The molecule has 3 saturated heterocycles. The zero-order chi connectivity index (χ0) is 11.8. The molecule has 3 heterocycles. The van der Waals surface area contributed by atoms with Gasteiger partial charge in [0.15, 0.2) is 0 Å². The molecule has 4 atom stereocenters. The molecular formula is C14H23NO2. The number of rotatable bonds is 3. The Balaban J connectivity index is 1.64. The van der Waals surface area contributed by atoms with Gasteiger partial charge in [-0.3, -0.25) is 9.69 Å². The van der Waals surface area contributed by atoms with Crippen molar-refractivity contribution in [2.45, 2.75) is 63.6 Å². The molecule has 0 aromatic heterocycles. The van der Waals surface area contributed by atoms with Gasteiger partial charge in [-0.1, -0.05) is 6.92 Å². The van der Waals surface area contributed by atoms with Crippen molar-refractivity contribution >= 4 is 5.78 Å². The van der Waals surface area contributed by atoms with Crippen LogP contribution in [0.2, 0.25) is 0 Å². The molecule has 0 spiro atoms. The highest BCUT2D eigenvalue weighted by atomic mass is 16.5. The lowest BCUT2D eigenvalue weighted by molar-refractivity contribution is -0.123. The lowest BCUT2D eigenvalue weighted by atomic mass is 9.95. The van der Waals surface area contributed by atoms with Crippen LogP contribution in [0, 0.1) is 5.92 Å². The third-order valence-electron chi connectivity index (χ3n) is 4.89. The van der Waals surface area contributed by atoms with Gasteiger partial charge in [-0.25, -0.2) is 0 Å². The van der Waals surface area contributed by atoms with E-state index in [4.69, 9.17) is 4.74 Å². The standard InChI is InChI=1S/C14H23NO2/c1-2-14-10(5-6-17-14)9-15-11-3-4-12(15)8-13(16)7-11/h10-12,14H,2-9H2,1H3. The van der Waals surface area contributed by atoms with Crippen LogP contribution in [0.1, 0.15) is 45.4 Å². The zero-order valence-electron chi connectivity index (χ0n) is 10.7. The van der Waals surface area contributed by atoms with Crippen molar-refractivity contribution in [3.63, 3.8) is 0 Å². The number of fused-ring (bicyclic) bond motifs is 2. The van der Waals surface area contributed by atoms with Gasteiger partial charge in [-0.15, -0.1) is 0 Å². The lowest BCUT2D eigenvalue weighted by Gasteiger charge is -2.36. The monoisotopic (exact) mass is 237 g/mol. The van der Waals surface area contributed by atoms with Gasteiger partial charge in [0.05, 0.1) is 6.10 Å². The van der Waals surface area contributed by atoms with E-state index in [9.17, 15) is 4.79 Å². The van der Waals surface area contributed by atoms with Gasteiger partial charge < -0.3 is 4.74 Å². The maximum atomic E-state index is 11.6. The first-order valence-electron chi connectivity index (χ1n) is 7.17. The number of Topliss-reactive ketones (excluding diaryl/α,β-unsaturated/α-hetero) is 1. The van der Waals surface area contributed by atoms with Crippen LogP contribution in [-0.2, 0) is 9.53 Å². The van der Waals surface area contributed by atoms with Crippen LogP contribution >= 0.6 is 0 Å². The molecule has 2 bridgehead atoms. The summed E-state index contributed by atoms with van der Waals surface area (Å²) in [5.41, 5.74) is 0. The van der Waals surface area contributed by atoms with Crippen LogP contribution in [0.15, 0.2) is 0 Å². The molecule has 0 N–H and O–H groups in total. The maximum absolute atomic E-state index is 11.6. The molecule has 3 heteroatoms. The number of ether oxygens (including phenoxy) is 1. The summed E-state index contributed by atoms with van der Waals surface area (Å²) in [6.45, 7) is 4.32. The van der Waals surface area contributed by atoms with E-state index in [0.717, 1.165) is 25.9 Å². The number of piperidine rings is 1. The highest BCUT2D eigenvalue weighted by Gasteiger charge is 2.42. The average Bonchev–Trinajstić information content (AvgIpc) is 2.84. The first-order chi connectivity index (χ1) is 8.28. The molecule has 3 rings (SSSR count). The molecule has 0 saturated carbocycles. The Hall–Kier alpha value is -0.410. The molecule has 3 nitrogen and oxygen atoms in total. The molecule has 0 aromatic rings. The van der Waals surface area contributed by atoms with Gasteiger partial charge in [0.1, 0.15) is 5.78 Å². The molecule has 3 aliphatic heterocycles. The Morgan fingerprint density at radius 1 is 1.24 bits per heavy atom. The van der Waals surface area contributed by atoms with Gasteiger partial charge in [-0.05, 0) is 31.6 Å². The second-order valence-corrected chi connectivity index (χ2v) is 5.89. The van der Waals surface area contributed by atoms with E-state index in [1.165, 1.54) is 25.8 Å². The van der Waals surface area contributed by atoms with E-state index in [1.807, 2.05) is 0 Å². The lowest BCUT2D eigenvalue weighted by Crippen LogP contribution is -2.46. The minimum Gasteiger partial charge on any atom is -0.378 e. The van der Waals surface area contributed by atoms with Gasteiger partial charge in [0.25, 0.3) is 0 Å². The van der Waals surface area contributed by atoms with E-state index in [0.29, 0.717) is 29.9 Å². The normalized spacial score (nSPS) is 42.3. The van der Waals surface area contributed by atoms with Gasteiger partial charge >= 0.3 is 0 Å². The molecule has 96 valence electrons. The highest BCUT2D eigenvalue weighted by Crippen LogP contribution is 2.36. The van der Waals surface area contributed by atoms with Crippen molar-refractivity contribution in [2.24, 2.45) is 5.92 Å². The fourth-order valence-corrected chi connectivity index (χ4v) is 3.98. The smallest absolute Gasteiger partial charge is 0.136 e. The van der Waals surface area contributed by atoms with Crippen molar-refractivity contribution in [2.75, 3.05) is 13.2 Å². The minimum atomic E-state index is 0.465. The Morgan fingerprint density at radius 2 is 1.94 bits per heavy atom. The fourth-order valence-electron chi connectivity index (χ4n) is 3.98. The second-order valence-electron chi connectivity index (χ2n) is 5.89. The zero-order valence-corrected chi connectivity index (χ0v) is 10.7. The van der Waals surface area contributed by atoms with Crippen molar-refractivity contribution < 1.29 is 9.53 Å². The molecule has 3 fully saturated rings. The van der Waals surface area contributed by atoms with E-state index in [2.05, 4.69) is 11.8 Å². The Bertz CT molecular complexity index is 289. The van der Waals surface area contributed by atoms with Crippen molar-refractivity contribution in [1.29, 1.82) is 0 Å². The van der Waals surface area contributed by atoms with E-state index >= 15 is 0 Å². The first-order valence-corrected chi connectivity index (χ1v) is 7.17. The van der Waals surface area contributed by atoms with Crippen molar-refractivity contribution in [3.05, 3.63) is 0 Å². The largest absolute Gasteiger partial charge is 0.378 e. The van der Waals surface area contributed by atoms with Gasteiger partial charge in [0, 0.05) is 38.1 Å². The minimum absolute atomic E-state index is 0.465. The first kappa shape index (κ1) is 11.7. The van der Waals surface area contributed by atoms with E-state index < -0.39 is 0 Å². The van der Waals surface area contributed by atoms with Crippen LogP contribution in [0.25, 0.3) is 0 Å². The summed E-state index contributed by atoms with van der Waals surface area (Å²) in [5.74, 6) is 1.19. The number of carbonyl (C=O) groups excluding carboxylic acids is 1. The molecule has 17 heavy (non-hydrogen) atoms. The number of hydrogen-bond donors (Lipinski definition) is 0. The molecule has 0 aliphatic carbocycles. The summed E-state index contributed by atoms with van der Waals surface area (Å²) in [6, 6.07) is 1.11. The predicted octanol–water partition coefficient (Wildman–Crippen LogP) is 2.00. The van der Waals surface area contributed by atoms with E-state index in [-0.39, 0.29) is 0 Å². The SMILES string of the molecule is CCC1OCCC1CN1C2CCC1CC(=O)C2. The fraction of sp³-hybridized carbons (Fsp3) is 0.929. The number of hydrogen-bond acceptors (Lipinski definition) is 3. The Morgan fingerprint density at radius 3 is 2.59 bits per heavy atom. The summed E-state index contributed by atoms with van der Waals surface area (Å²) in [6.07, 6.45) is 6.89. The second kappa shape index (κ2) is 4.69. The molecule has 0 aromatic carbocycles. The highest BCUT2D eigenvalue weighted by molar-refractivity contribution is 5.80. The number of ketones is 1. The maximum Gasteiger partial charge on any atom is 0.136 e. The molecule has 4 unspecified atom stereocenters. The Kier molecular flexibility index (Phi) is 3.22. The molecular weight excluding hydrogens is 214 g/mol. The third kappa shape index (κ3) is 2.15. The van der Waals surface area contributed by atoms with Crippen LogP contribution in [0.4, 0.5) is 0 Å². The van der Waals surface area contributed by atoms with Crippen LogP contribution in [-0.4, -0.2) is 42.0 Å². The molecule has 3 aliphatic rings. The van der Waals surface area contributed by atoms with Crippen molar-refractivity contribution in [1.82, 2.24) is 4.90 Å². The van der Waals surface area contributed by atoms with Gasteiger partial charge in [0.2, 0.25) is 0 Å². The topological polar surface area (TPSA) is 29.5 Å². The van der Waals surface area contributed by atoms with Gasteiger partial charge in [-0.2, -0.15) is 0 Å². The van der Waals surface area contributed by atoms with Crippen LogP contribution < -0.4 is 0 Å². The summed E-state index contributed by atoms with van der Waals surface area (Å²) < 4.78 is 5.77. The predicted molar refractivity (Wildman–Crippen MR) is 65.9 cm³/mol. The number of carbonyl (C=O) groups is 1. The van der Waals surface area contributed by atoms with Crippen LogP contribution in [0.5, 0.6) is 0 Å². The molecule has 0 amide bonds. The Labute approximate surface area is 104 Å². The summed E-state index contributed by atoms with van der Waals surface area (Å²) in [7, 11) is 0. The summed E-state index contributed by atoms with van der Waals surface area (Å²) in [5, 5.41) is 0. The number of nitrogens with zero attached hydrogens (tertiary/aromatic N) is 1. The third-order valence-corrected chi connectivity index (χ3v) is 4.89. The average molecular weight is 237 g/mol. The van der Waals surface area contributed by atoms with E-state index in [1.54, 1.807) is 0 Å². The van der Waals surface area contributed by atoms with Crippen molar-refractivity contribution in [3.8, 4) is 0 Å². The quantitative estimate of drug-likeness (QED) is 0.752. The summed E-state index contributed by atoms with van der Waals surface area (Å²) in [4.78, 5) is 14.2.